The van der Waals surface area contributed by atoms with E-state index in [1.54, 1.807) is 36.4 Å². The van der Waals surface area contributed by atoms with Crippen molar-refractivity contribution in [2.45, 2.75) is 6.61 Å². The number of esters is 1. The molecule has 0 fully saturated rings. The van der Waals surface area contributed by atoms with E-state index in [1.165, 1.54) is 26.6 Å². The van der Waals surface area contributed by atoms with Gasteiger partial charge in [0.1, 0.15) is 17.9 Å². The second-order valence-corrected chi connectivity index (χ2v) is 7.81. The van der Waals surface area contributed by atoms with Gasteiger partial charge in [0, 0.05) is 10.0 Å². The summed E-state index contributed by atoms with van der Waals surface area (Å²) in [6.45, 7) is 0.193. The van der Waals surface area contributed by atoms with Gasteiger partial charge in [0.15, 0.2) is 5.78 Å². The first kappa shape index (κ1) is 24.0. The number of methoxy groups -OCH3 is 2. The van der Waals surface area contributed by atoms with Crippen molar-refractivity contribution >= 4 is 39.3 Å². The number of carbonyl (C=O) groups excluding carboxylic acids is 2. The zero-order valence-electron chi connectivity index (χ0n) is 18.3. The van der Waals surface area contributed by atoms with Gasteiger partial charge in [0.05, 0.1) is 20.5 Å². The topological polar surface area (TPSA) is 61.8 Å². The first-order valence-electron chi connectivity index (χ1n) is 10.1. The van der Waals surface area contributed by atoms with Gasteiger partial charge in [0.2, 0.25) is 0 Å². The minimum atomic E-state index is -0.506. The predicted octanol–water partition coefficient (Wildman–Crippen LogP) is 6.08. The highest BCUT2D eigenvalue weighted by molar-refractivity contribution is 9.10. The number of hydrogen-bond donors (Lipinski definition) is 0. The Morgan fingerprint density at radius 1 is 0.939 bits per heavy atom. The van der Waals surface area contributed by atoms with Crippen LogP contribution < -0.4 is 4.74 Å². The van der Waals surface area contributed by atoms with Crippen LogP contribution in [0.3, 0.4) is 0 Å². The molecule has 0 heterocycles. The Morgan fingerprint density at radius 2 is 1.70 bits per heavy atom. The molecule has 0 aromatic heterocycles. The van der Waals surface area contributed by atoms with E-state index >= 15 is 0 Å². The summed E-state index contributed by atoms with van der Waals surface area (Å²) in [6, 6.07) is 22.0. The maximum absolute atomic E-state index is 12.6. The number of carbonyl (C=O) groups is 2. The highest BCUT2D eigenvalue weighted by Crippen LogP contribution is 2.24. The van der Waals surface area contributed by atoms with Crippen molar-refractivity contribution in [2.75, 3.05) is 14.2 Å². The monoisotopic (exact) mass is 506 g/mol. The number of ketones is 1. The summed E-state index contributed by atoms with van der Waals surface area (Å²) in [5.41, 5.74) is 3.14. The zero-order chi connectivity index (χ0) is 23.6. The van der Waals surface area contributed by atoms with Crippen molar-refractivity contribution in [2.24, 2.45) is 0 Å². The molecule has 5 nitrogen and oxygen atoms in total. The molecule has 0 unspecified atom stereocenters. The number of halogens is 1. The number of ether oxygens (including phenoxy) is 3. The lowest BCUT2D eigenvalue weighted by atomic mass is 10.0. The maximum Gasteiger partial charge on any atom is 0.341 e. The van der Waals surface area contributed by atoms with Crippen molar-refractivity contribution in [1.82, 2.24) is 0 Å². The predicted molar refractivity (Wildman–Crippen MR) is 132 cm³/mol. The SMILES string of the molecule is CO/C=C(/C(=O)OC)c1ccccc1COc1cccc(C(=O)/C=C/c2ccccc2Br)c1. The Balaban J connectivity index is 1.76. The van der Waals surface area contributed by atoms with Crippen LogP contribution in [0.25, 0.3) is 11.6 Å². The van der Waals surface area contributed by atoms with Crippen LogP contribution in [0.15, 0.2) is 89.6 Å². The normalized spacial score (nSPS) is 11.3. The lowest BCUT2D eigenvalue weighted by molar-refractivity contribution is -0.133. The van der Waals surface area contributed by atoms with Gasteiger partial charge in [-0.25, -0.2) is 4.79 Å². The van der Waals surface area contributed by atoms with Crippen molar-refractivity contribution in [3.8, 4) is 5.75 Å². The lowest BCUT2D eigenvalue weighted by Crippen LogP contribution is -2.08. The Hall–Kier alpha value is -3.64. The zero-order valence-corrected chi connectivity index (χ0v) is 19.9. The van der Waals surface area contributed by atoms with Gasteiger partial charge in [-0.15, -0.1) is 0 Å². The van der Waals surface area contributed by atoms with Crippen LogP contribution in [0.5, 0.6) is 5.75 Å². The third kappa shape index (κ3) is 6.43. The molecule has 0 N–H and O–H groups in total. The molecule has 3 aromatic rings. The summed E-state index contributed by atoms with van der Waals surface area (Å²) in [6.07, 6.45) is 4.65. The van der Waals surface area contributed by atoms with Crippen LogP contribution in [-0.2, 0) is 20.9 Å². The summed E-state index contributed by atoms with van der Waals surface area (Å²) in [5, 5.41) is 0. The second-order valence-electron chi connectivity index (χ2n) is 6.95. The van der Waals surface area contributed by atoms with Gasteiger partial charge in [-0.2, -0.15) is 0 Å². The van der Waals surface area contributed by atoms with Gasteiger partial charge in [-0.3, -0.25) is 4.79 Å². The molecule has 0 aliphatic rings. The summed E-state index contributed by atoms with van der Waals surface area (Å²) in [5.74, 6) is -0.0957. The van der Waals surface area contributed by atoms with E-state index < -0.39 is 5.97 Å². The summed E-state index contributed by atoms with van der Waals surface area (Å²) >= 11 is 3.47. The molecule has 3 aromatic carbocycles. The van der Waals surface area contributed by atoms with Crippen LogP contribution in [0.4, 0.5) is 0 Å². The van der Waals surface area contributed by atoms with Crippen LogP contribution in [-0.4, -0.2) is 26.0 Å². The van der Waals surface area contributed by atoms with Crippen LogP contribution in [0.2, 0.25) is 0 Å². The molecule has 0 spiro atoms. The highest BCUT2D eigenvalue weighted by atomic mass is 79.9. The third-order valence-corrected chi connectivity index (χ3v) is 5.50. The van der Waals surface area contributed by atoms with Gasteiger partial charge in [-0.1, -0.05) is 70.5 Å². The fraction of sp³-hybridized carbons (Fsp3) is 0.111. The maximum atomic E-state index is 12.6. The average molecular weight is 507 g/mol. The minimum Gasteiger partial charge on any atom is -0.503 e. The molecule has 0 radical (unpaired) electrons. The van der Waals surface area contributed by atoms with E-state index in [9.17, 15) is 9.59 Å². The van der Waals surface area contributed by atoms with Crippen LogP contribution in [0, 0.1) is 0 Å². The third-order valence-electron chi connectivity index (χ3n) is 4.78. The molecule has 33 heavy (non-hydrogen) atoms. The average Bonchev–Trinajstić information content (AvgIpc) is 2.85. The minimum absolute atomic E-state index is 0.132. The van der Waals surface area contributed by atoms with E-state index in [1.807, 2.05) is 42.5 Å². The fourth-order valence-electron chi connectivity index (χ4n) is 3.13. The summed E-state index contributed by atoms with van der Waals surface area (Å²) in [7, 11) is 2.79. The number of benzene rings is 3. The Morgan fingerprint density at radius 3 is 2.45 bits per heavy atom. The van der Waals surface area contributed by atoms with E-state index in [2.05, 4.69) is 15.9 Å². The van der Waals surface area contributed by atoms with Gasteiger partial charge in [-0.05, 0) is 47.0 Å². The quantitative estimate of drug-likeness (QED) is 0.152. The molecule has 3 rings (SSSR count). The van der Waals surface area contributed by atoms with Gasteiger partial charge < -0.3 is 14.2 Å². The lowest BCUT2D eigenvalue weighted by Gasteiger charge is -2.13. The first-order valence-corrected chi connectivity index (χ1v) is 10.9. The van der Waals surface area contributed by atoms with Gasteiger partial charge in [0.25, 0.3) is 0 Å². The summed E-state index contributed by atoms with van der Waals surface area (Å²) in [4.78, 5) is 24.8. The van der Waals surface area contributed by atoms with Crippen LogP contribution in [0.1, 0.15) is 27.0 Å². The molecule has 0 aliphatic carbocycles. The Bertz CT molecular complexity index is 1200. The van der Waals surface area contributed by atoms with Crippen molar-refractivity contribution in [1.29, 1.82) is 0 Å². The number of rotatable bonds is 9. The molecule has 0 saturated carbocycles. The van der Waals surface area contributed by atoms with Crippen molar-refractivity contribution in [3.05, 3.63) is 112 Å². The number of hydrogen-bond acceptors (Lipinski definition) is 5. The van der Waals surface area contributed by atoms with E-state index in [-0.39, 0.29) is 12.4 Å². The standard InChI is InChI=1S/C27H23BrO5/c1-31-18-24(27(30)32-2)23-12-5-3-9-21(23)17-33-22-11-7-10-20(16-22)26(29)15-14-19-8-4-6-13-25(19)28/h3-16,18H,17H2,1-2H3/b15-14+,24-18+. The highest BCUT2D eigenvalue weighted by Gasteiger charge is 2.17. The molecule has 0 saturated heterocycles. The smallest absolute Gasteiger partial charge is 0.341 e. The van der Waals surface area contributed by atoms with Crippen LogP contribution >= 0.6 is 15.9 Å². The first-order chi connectivity index (χ1) is 16.0. The molecule has 0 aliphatic heterocycles. The van der Waals surface area contributed by atoms with Gasteiger partial charge >= 0.3 is 5.97 Å². The van der Waals surface area contributed by atoms with E-state index in [0.717, 1.165) is 15.6 Å². The second kappa shape index (κ2) is 11.8. The fourth-order valence-corrected chi connectivity index (χ4v) is 3.55. The molecule has 6 heteroatoms. The summed E-state index contributed by atoms with van der Waals surface area (Å²) < 4.78 is 16.8. The van der Waals surface area contributed by atoms with Crippen molar-refractivity contribution in [3.63, 3.8) is 0 Å². The molecule has 0 atom stereocenters. The molecule has 168 valence electrons. The Kier molecular flexibility index (Phi) is 8.61. The number of allylic oxidation sites excluding steroid dienone is 1. The largest absolute Gasteiger partial charge is 0.503 e. The molecular formula is C27H23BrO5. The molecule has 0 amide bonds. The molecule has 0 bridgehead atoms. The van der Waals surface area contributed by atoms with E-state index in [4.69, 9.17) is 14.2 Å². The molecular weight excluding hydrogens is 484 g/mol. The Labute approximate surface area is 201 Å². The van der Waals surface area contributed by atoms with E-state index in [0.29, 0.717) is 22.4 Å². The van der Waals surface area contributed by atoms with Crippen molar-refractivity contribution < 1.29 is 23.8 Å².